The first kappa shape index (κ1) is 10.7. The van der Waals surface area contributed by atoms with Gasteiger partial charge in [0.25, 0.3) is 0 Å². The maximum atomic E-state index is 11.9. The molecule has 2 amide bonds. The summed E-state index contributed by atoms with van der Waals surface area (Å²) in [6.07, 6.45) is 2.61. The molecule has 0 radical (unpaired) electrons. The van der Waals surface area contributed by atoms with Crippen molar-refractivity contribution in [3.63, 3.8) is 0 Å². The maximum Gasteiger partial charge on any atom is 0.325 e. The normalized spacial score (nSPS) is 16.5. The number of hydrogen-bond donors (Lipinski definition) is 0. The van der Waals surface area contributed by atoms with Crippen molar-refractivity contribution < 1.29 is 9.53 Å². The van der Waals surface area contributed by atoms with Crippen LogP contribution in [0.1, 0.15) is 6.42 Å². The fourth-order valence-corrected chi connectivity index (χ4v) is 1.75. The molecule has 2 rings (SSSR count). The van der Waals surface area contributed by atoms with E-state index in [1.54, 1.807) is 42.3 Å². The largest absolute Gasteiger partial charge is 0.497 e. The average Bonchev–Trinajstić information content (AvgIpc) is 2.33. The monoisotopic (exact) mass is 221 g/mol. The first-order valence-corrected chi connectivity index (χ1v) is 5.25. The predicted octanol–water partition coefficient (Wildman–Crippen LogP) is 1.35. The number of rotatable bonds is 2. The van der Waals surface area contributed by atoms with E-state index in [-0.39, 0.29) is 6.03 Å². The smallest absolute Gasteiger partial charge is 0.325 e. The van der Waals surface area contributed by atoms with Crippen LogP contribution in [-0.4, -0.2) is 43.2 Å². The Labute approximate surface area is 94.6 Å². The maximum absolute atomic E-state index is 11.9. The lowest BCUT2D eigenvalue weighted by molar-refractivity contribution is 0.207. The van der Waals surface area contributed by atoms with Crippen LogP contribution in [0.5, 0.6) is 5.75 Å². The highest BCUT2D eigenvalue weighted by Gasteiger charge is 2.24. The SMILES string of the molecule is COc1ccnc(N2CCCN(C)C2=O)c1. The molecule has 1 aromatic rings. The Morgan fingerprint density at radius 2 is 2.25 bits per heavy atom. The number of pyridine rings is 1. The summed E-state index contributed by atoms with van der Waals surface area (Å²) in [5, 5.41) is 0. The Bertz CT molecular complexity index is 395. The first-order valence-electron chi connectivity index (χ1n) is 5.25. The zero-order chi connectivity index (χ0) is 11.5. The van der Waals surface area contributed by atoms with E-state index in [1.165, 1.54) is 0 Å². The Kier molecular flexibility index (Phi) is 2.94. The molecule has 1 aromatic heterocycles. The second kappa shape index (κ2) is 4.38. The van der Waals surface area contributed by atoms with Gasteiger partial charge in [-0.2, -0.15) is 0 Å². The number of ether oxygens (including phenoxy) is 1. The van der Waals surface area contributed by atoms with Crippen molar-refractivity contribution in [1.29, 1.82) is 0 Å². The van der Waals surface area contributed by atoms with E-state index in [9.17, 15) is 4.79 Å². The van der Waals surface area contributed by atoms with Crippen LogP contribution in [0.3, 0.4) is 0 Å². The Morgan fingerprint density at radius 1 is 1.44 bits per heavy atom. The summed E-state index contributed by atoms with van der Waals surface area (Å²) >= 11 is 0. The highest BCUT2D eigenvalue weighted by atomic mass is 16.5. The van der Waals surface area contributed by atoms with Crippen molar-refractivity contribution in [1.82, 2.24) is 9.88 Å². The van der Waals surface area contributed by atoms with Gasteiger partial charge >= 0.3 is 6.03 Å². The molecule has 2 heterocycles. The molecule has 0 N–H and O–H groups in total. The topological polar surface area (TPSA) is 45.7 Å². The molecule has 1 saturated heterocycles. The lowest BCUT2D eigenvalue weighted by Crippen LogP contribution is -2.47. The number of carbonyl (C=O) groups is 1. The molecule has 0 spiro atoms. The summed E-state index contributed by atoms with van der Waals surface area (Å²) < 4.78 is 5.12. The van der Waals surface area contributed by atoms with Gasteiger partial charge in [0.2, 0.25) is 0 Å². The summed E-state index contributed by atoms with van der Waals surface area (Å²) in [7, 11) is 3.40. The lowest BCUT2D eigenvalue weighted by Gasteiger charge is -2.32. The first-order chi connectivity index (χ1) is 7.72. The Hall–Kier alpha value is -1.78. The van der Waals surface area contributed by atoms with Crippen molar-refractivity contribution in [3.8, 4) is 5.75 Å². The molecule has 5 heteroatoms. The number of aromatic nitrogens is 1. The van der Waals surface area contributed by atoms with Gasteiger partial charge < -0.3 is 9.64 Å². The molecular formula is C11H15N3O2. The molecule has 0 saturated carbocycles. The van der Waals surface area contributed by atoms with Crippen LogP contribution in [0.4, 0.5) is 10.6 Å². The van der Waals surface area contributed by atoms with Gasteiger partial charge in [-0.15, -0.1) is 0 Å². The van der Waals surface area contributed by atoms with Gasteiger partial charge in [-0.25, -0.2) is 9.78 Å². The second-order valence-electron chi connectivity index (χ2n) is 3.76. The molecule has 1 fully saturated rings. The van der Waals surface area contributed by atoms with Gasteiger partial charge in [-0.3, -0.25) is 4.90 Å². The van der Waals surface area contributed by atoms with Crippen molar-refractivity contribution in [3.05, 3.63) is 18.3 Å². The van der Waals surface area contributed by atoms with E-state index in [0.29, 0.717) is 18.1 Å². The van der Waals surface area contributed by atoms with Crippen LogP contribution in [0.25, 0.3) is 0 Å². The summed E-state index contributed by atoms with van der Waals surface area (Å²) in [5.74, 6) is 1.36. The van der Waals surface area contributed by atoms with Crippen molar-refractivity contribution >= 4 is 11.8 Å². The third-order valence-electron chi connectivity index (χ3n) is 2.66. The zero-order valence-corrected chi connectivity index (χ0v) is 9.51. The summed E-state index contributed by atoms with van der Waals surface area (Å²) in [6, 6.07) is 3.53. The quantitative estimate of drug-likeness (QED) is 0.757. The summed E-state index contributed by atoms with van der Waals surface area (Å²) in [6.45, 7) is 1.52. The summed E-state index contributed by atoms with van der Waals surface area (Å²) in [4.78, 5) is 19.5. The fraction of sp³-hybridized carbons (Fsp3) is 0.455. The van der Waals surface area contributed by atoms with Crippen LogP contribution >= 0.6 is 0 Å². The fourth-order valence-electron chi connectivity index (χ4n) is 1.75. The van der Waals surface area contributed by atoms with Gasteiger partial charge in [-0.1, -0.05) is 0 Å². The molecule has 5 nitrogen and oxygen atoms in total. The van der Waals surface area contributed by atoms with Gasteiger partial charge in [0.15, 0.2) is 0 Å². The molecule has 0 bridgehead atoms. The van der Waals surface area contributed by atoms with Crippen LogP contribution in [0.15, 0.2) is 18.3 Å². The zero-order valence-electron chi connectivity index (χ0n) is 9.51. The van der Waals surface area contributed by atoms with E-state index in [4.69, 9.17) is 4.74 Å². The third-order valence-corrected chi connectivity index (χ3v) is 2.66. The molecule has 0 aliphatic carbocycles. The third kappa shape index (κ3) is 1.93. The van der Waals surface area contributed by atoms with Crippen LogP contribution in [0, 0.1) is 0 Å². The Morgan fingerprint density at radius 3 is 3.00 bits per heavy atom. The number of amides is 2. The minimum absolute atomic E-state index is 0.00740. The van der Waals surface area contributed by atoms with Crippen LogP contribution in [0.2, 0.25) is 0 Å². The van der Waals surface area contributed by atoms with Gasteiger partial charge in [0.1, 0.15) is 11.6 Å². The minimum atomic E-state index is -0.00740. The molecule has 0 unspecified atom stereocenters. The summed E-state index contributed by atoms with van der Waals surface area (Å²) in [5.41, 5.74) is 0. The highest BCUT2D eigenvalue weighted by Crippen LogP contribution is 2.21. The van der Waals surface area contributed by atoms with E-state index in [2.05, 4.69) is 4.98 Å². The van der Waals surface area contributed by atoms with Gasteiger partial charge in [0, 0.05) is 32.4 Å². The number of hydrogen-bond acceptors (Lipinski definition) is 3. The van der Waals surface area contributed by atoms with E-state index >= 15 is 0 Å². The van der Waals surface area contributed by atoms with Gasteiger partial charge in [0.05, 0.1) is 7.11 Å². The Balaban J connectivity index is 2.25. The molecule has 1 aliphatic rings. The lowest BCUT2D eigenvalue weighted by atomic mass is 10.3. The van der Waals surface area contributed by atoms with E-state index in [1.807, 2.05) is 0 Å². The number of methoxy groups -OCH3 is 1. The average molecular weight is 221 g/mol. The van der Waals surface area contributed by atoms with Crippen molar-refractivity contribution in [2.24, 2.45) is 0 Å². The van der Waals surface area contributed by atoms with Gasteiger partial charge in [-0.05, 0) is 12.5 Å². The van der Waals surface area contributed by atoms with E-state index < -0.39 is 0 Å². The molecule has 0 aromatic carbocycles. The van der Waals surface area contributed by atoms with Crippen molar-refractivity contribution in [2.45, 2.75) is 6.42 Å². The van der Waals surface area contributed by atoms with Crippen molar-refractivity contribution in [2.75, 3.05) is 32.1 Å². The number of urea groups is 1. The highest BCUT2D eigenvalue weighted by molar-refractivity contribution is 5.91. The molecule has 16 heavy (non-hydrogen) atoms. The van der Waals surface area contributed by atoms with Crippen LogP contribution in [-0.2, 0) is 0 Å². The van der Waals surface area contributed by atoms with E-state index in [0.717, 1.165) is 13.0 Å². The number of anilines is 1. The number of carbonyl (C=O) groups excluding carboxylic acids is 1. The predicted molar refractivity (Wildman–Crippen MR) is 60.8 cm³/mol. The molecular weight excluding hydrogens is 206 g/mol. The van der Waals surface area contributed by atoms with Crippen LogP contribution < -0.4 is 9.64 Å². The number of nitrogens with zero attached hydrogens (tertiary/aromatic N) is 3. The molecule has 0 atom stereocenters. The molecule has 1 aliphatic heterocycles. The second-order valence-corrected chi connectivity index (χ2v) is 3.76. The molecule has 86 valence electrons. The minimum Gasteiger partial charge on any atom is -0.497 e. The standard InChI is InChI=1S/C11H15N3O2/c1-13-6-3-7-14(11(13)15)10-8-9(16-2)4-5-12-10/h4-5,8H,3,6-7H2,1-2H3.